The third-order valence-corrected chi connectivity index (χ3v) is 8.82. The first kappa shape index (κ1) is 24.7. The fourth-order valence-corrected chi connectivity index (χ4v) is 6.67. The molecule has 206 valence electrons. The van der Waals surface area contributed by atoms with E-state index in [4.69, 9.17) is 4.42 Å². The fraction of sp³-hybridized carbons (Fsp3) is 0. The van der Waals surface area contributed by atoms with Crippen LogP contribution in [0.25, 0.3) is 65.4 Å². The highest BCUT2D eigenvalue weighted by atomic mass is 16.3. The highest BCUT2D eigenvalue weighted by molar-refractivity contribution is 6.13. The van der Waals surface area contributed by atoms with Crippen molar-refractivity contribution >= 4 is 71.3 Å². The minimum atomic E-state index is 0.898. The molecule has 0 aliphatic heterocycles. The quantitative estimate of drug-likeness (QED) is 0.199. The summed E-state index contributed by atoms with van der Waals surface area (Å²) >= 11 is 0. The molecule has 2 heteroatoms. The topological polar surface area (TPSA) is 16.4 Å². The van der Waals surface area contributed by atoms with Gasteiger partial charge in [-0.15, -0.1) is 0 Å². The molecule has 9 aromatic rings. The number of rotatable bonds is 4. The second-order valence-electron chi connectivity index (χ2n) is 11.4. The van der Waals surface area contributed by atoms with E-state index in [-0.39, 0.29) is 0 Å². The number of benzene rings is 8. The van der Waals surface area contributed by atoms with Gasteiger partial charge in [-0.25, -0.2) is 0 Å². The zero-order chi connectivity index (χ0) is 29.0. The van der Waals surface area contributed by atoms with Crippen molar-refractivity contribution in [3.05, 3.63) is 164 Å². The monoisotopic (exact) mass is 561 g/mol. The molecule has 0 atom stereocenters. The highest BCUT2D eigenvalue weighted by Crippen LogP contribution is 2.43. The Hall–Kier alpha value is -5.86. The molecule has 1 aromatic heterocycles. The van der Waals surface area contributed by atoms with Crippen molar-refractivity contribution < 1.29 is 4.42 Å². The van der Waals surface area contributed by atoms with Gasteiger partial charge in [-0.2, -0.15) is 0 Å². The highest BCUT2D eigenvalue weighted by Gasteiger charge is 2.18. The average Bonchev–Trinajstić information content (AvgIpc) is 3.45. The first-order valence-electron chi connectivity index (χ1n) is 15.0. The van der Waals surface area contributed by atoms with Crippen LogP contribution in [0.2, 0.25) is 0 Å². The predicted octanol–water partition coefficient (Wildman–Crippen LogP) is 12.2. The second-order valence-corrected chi connectivity index (χ2v) is 11.4. The van der Waals surface area contributed by atoms with Crippen molar-refractivity contribution in [3.63, 3.8) is 0 Å². The Balaban J connectivity index is 1.29. The molecule has 1 heterocycles. The SMILES string of the molecule is c1ccc(-c2ccc(N(c3ccc4ccc5ccccc5c4c3)c3cccc4cc5c(cc34)oc3ccccc35)cc2)cc1. The van der Waals surface area contributed by atoms with Gasteiger partial charge in [0.25, 0.3) is 0 Å². The largest absolute Gasteiger partial charge is 0.456 e. The summed E-state index contributed by atoms with van der Waals surface area (Å²) in [6.45, 7) is 0. The summed E-state index contributed by atoms with van der Waals surface area (Å²) in [5.74, 6) is 0. The summed E-state index contributed by atoms with van der Waals surface area (Å²) in [7, 11) is 0. The number of hydrogen-bond acceptors (Lipinski definition) is 2. The van der Waals surface area contributed by atoms with Gasteiger partial charge in [0.1, 0.15) is 11.2 Å². The van der Waals surface area contributed by atoms with E-state index in [0.717, 1.165) is 44.4 Å². The first-order valence-corrected chi connectivity index (χ1v) is 15.0. The number of fused-ring (bicyclic) bond motifs is 7. The molecule has 0 bridgehead atoms. The Labute approximate surface area is 255 Å². The maximum absolute atomic E-state index is 6.36. The molecular weight excluding hydrogens is 534 g/mol. The number of anilines is 3. The van der Waals surface area contributed by atoms with Crippen LogP contribution >= 0.6 is 0 Å². The Morgan fingerprint density at radius 3 is 1.86 bits per heavy atom. The first-order chi connectivity index (χ1) is 21.8. The molecule has 0 unspecified atom stereocenters. The summed E-state index contributed by atoms with van der Waals surface area (Å²) in [4.78, 5) is 2.38. The van der Waals surface area contributed by atoms with E-state index in [1.54, 1.807) is 0 Å². The van der Waals surface area contributed by atoms with Gasteiger partial charge in [0.15, 0.2) is 0 Å². The van der Waals surface area contributed by atoms with Crippen molar-refractivity contribution in [2.24, 2.45) is 0 Å². The fourth-order valence-electron chi connectivity index (χ4n) is 6.67. The van der Waals surface area contributed by atoms with Gasteiger partial charge in [0, 0.05) is 27.5 Å². The minimum Gasteiger partial charge on any atom is -0.456 e. The van der Waals surface area contributed by atoms with Crippen molar-refractivity contribution in [1.29, 1.82) is 0 Å². The zero-order valence-corrected chi connectivity index (χ0v) is 23.9. The predicted molar refractivity (Wildman–Crippen MR) is 186 cm³/mol. The maximum atomic E-state index is 6.36. The van der Waals surface area contributed by atoms with E-state index in [9.17, 15) is 0 Å². The molecule has 0 saturated carbocycles. The lowest BCUT2D eigenvalue weighted by Crippen LogP contribution is -2.10. The molecule has 9 rings (SSSR count). The van der Waals surface area contributed by atoms with Crippen LogP contribution in [0.4, 0.5) is 17.1 Å². The van der Waals surface area contributed by atoms with Gasteiger partial charge in [0.05, 0.1) is 5.69 Å². The summed E-state index contributed by atoms with van der Waals surface area (Å²) in [6.07, 6.45) is 0. The number of para-hydroxylation sites is 1. The van der Waals surface area contributed by atoms with Crippen LogP contribution in [0.15, 0.2) is 168 Å². The van der Waals surface area contributed by atoms with Crippen LogP contribution in [-0.4, -0.2) is 0 Å². The van der Waals surface area contributed by atoms with Crippen LogP contribution in [0.3, 0.4) is 0 Å². The van der Waals surface area contributed by atoms with E-state index < -0.39 is 0 Å². The molecule has 2 nitrogen and oxygen atoms in total. The summed E-state index contributed by atoms with van der Waals surface area (Å²) in [6, 6.07) is 58.7. The van der Waals surface area contributed by atoms with Gasteiger partial charge in [0.2, 0.25) is 0 Å². The van der Waals surface area contributed by atoms with Crippen molar-refractivity contribution in [3.8, 4) is 11.1 Å². The van der Waals surface area contributed by atoms with Gasteiger partial charge < -0.3 is 9.32 Å². The average molecular weight is 562 g/mol. The standard InChI is InChI=1S/C42H27NO/c1-2-9-28(10-3-1)29-19-22-33(23-20-29)43(34-24-21-31-18-17-30-11-4-5-13-35(30)37(31)26-34)40-15-8-12-32-25-39-36-14-6-7-16-41(36)44-42(39)27-38(32)40/h1-27H. The number of furan rings is 1. The van der Waals surface area contributed by atoms with Crippen LogP contribution in [0.5, 0.6) is 0 Å². The molecule has 0 saturated heterocycles. The third kappa shape index (κ3) is 3.96. The Bertz CT molecular complexity index is 2490. The van der Waals surface area contributed by atoms with E-state index in [1.807, 2.05) is 12.1 Å². The van der Waals surface area contributed by atoms with Crippen LogP contribution in [-0.2, 0) is 0 Å². The number of hydrogen-bond donors (Lipinski definition) is 0. The molecule has 8 aromatic carbocycles. The summed E-state index contributed by atoms with van der Waals surface area (Å²) in [5, 5.41) is 9.58. The van der Waals surface area contributed by atoms with E-state index in [1.165, 1.54) is 38.1 Å². The molecule has 44 heavy (non-hydrogen) atoms. The van der Waals surface area contributed by atoms with Crippen molar-refractivity contribution in [2.75, 3.05) is 4.90 Å². The molecule has 0 N–H and O–H groups in total. The van der Waals surface area contributed by atoms with Crippen LogP contribution < -0.4 is 4.90 Å². The molecule has 0 spiro atoms. The van der Waals surface area contributed by atoms with E-state index >= 15 is 0 Å². The Morgan fingerprint density at radius 1 is 0.341 bits per heavy atom. The molecule has 0 radical (unpaired) electrons. The lowest BCUT2D eigenvalue weighted by Gasteiger charge is -2.27. The van der Waals surface area contributed by atoms with Crippen LogP contribution in [0.1, 0.15) is 0 Å². The Kier molecular flexibility index (Phi) is 5.54. The molecule has 0 fully saturated rings. The minimum absolute atomic E-state index is 0.898. The van der Waals surface area contributed by atoms with Crippen molar-refractivity contribution in [2.45, 2.75) is 0 Å². The zero-order valence-electron chi connectivity index (χ0n) is 23.9. The van der Waals surface area contributed by atoms with Gasteiger partial charge in [-0.05, 0) is 86.6 Å². The summed E-state index contributed by atoms with van der Waals surface area (Å²) < 4.78 is 6.36. The van der Waals surface area contributed by atoms with Gasteiger partial charge >= 0.3 is 0 Å². The Morgan fingerprint density at radius 2 is 1.00 bits per heavy atom. The summed E-state index contributed by atoms with van der Waals surface area (Å²) in [5.41, 5.74) is 7.53. The maximum Gasteiger partial charge on any atom is 0.136 e. The smallest absolute Gasteiger partial charge is 0.136 e. The van der Waals surface area contributed by atoms with E-state index in [2.05, 4.69) is 157 Å². The van der Waals surface area contributed by atoms with Gasteiger partial charge in [-0.1, -0.05) is 115 Å². The molecule has 0 amide bonds. The third-order valence-electron chi connectivity index (χ3n) is 8.82. The van der Waals surface area contributed by atoms with Crippen LogP contribution in [0, 0.1) is 0 Å². The molecule has 0 aliphatic rings. The lowest BCUT2D eigenvalue weighted by molar-refractivity contribution is 0.669. The van der Waals surface area contributed by atoms with E-state index in [0.29, 0.717) is 0 Å². The molecular formula is C42H27NO. The van der Waals surface area contributed by atoms with Gasteiger partial charge in [-0.3, -0.25) is 0 Å². The molecule has 0 aliphatic carbocycles. The van der Waals surface area contributed by atoms with Crippen molar-refractivity contribution in [1.82, 2.24) is 0 Å². The normalized spacial score (nSPS) is 11.6. The number of nitrogens with zero attached hydrogens (tertiary/aromatic N) is 1. The lowest BCUT2D eigenvalue weighted by atomic mass is 9.99. The second kappa shape index (κ2) is 9.86.